The molecule has 21 heavy (non-hydrogen) atoms. The molecule has 1 heterocycles. The van der Waals surface area contributed by atoms with Gasteiger partial charge in [-0.2, -0.15) is 13.2 Å². The molecule has 1 aromatic rings. The number of alkyl halides is 3. The average Bonchev–Trinajstić information content (AvgIpc) is 3.20. The Morgan fingerprint density at radius 2 is 1.90 bits per heavy atom. The third kappa shape index (κ3) is 2.59. The van der Waals surface area contributed by atoms with Crippen LogP contribution < -0.4 is 5.73 Å². The first kappa shape index (κ1) is 14.2. The Morgan fingerprint density at radius 1 is 1.29 bits per heavy atom. The van der Waals surface area contributed by atoms with Crippen molar-refractivity contribution in [3.05, 3.63) is 35.4 Å². The summed E-state index contributed by atoms with van der Waals surface area (Å²) in [5, 5.41) is 0. The lowest BCUT2D eigenvalue weighted by molar-refractivity contribution is -0.137. The summed E-state index contributed by atoms with van der Waals surface area (Å²) in [5.41, 5.74) is 5.71. The van der Waals surface area contributed by atoms with Gasteiger partial charge in [-0.05, 0) is 43.4 Å². The molecule has 1 aliphatic heterocycles. The van der Waals surface area contributed by atoms with E-state index >= 15 is 0 Å². The van der Waals surface area contributed by atoms with Gasteiger partial charge < -0.3 is 10.6 Å². The minimum Gasteiger partial charge on any atom is -0.370 e. The molecule has 3 rings (SSSR count). The van der Waals surface area contributed by atoms with Crippen LogP contribution in [0.1, 0.15) is 30.9 Å². The number of benzene rings is 1. The second-order valence-corrected chi connectivity index (χ2v) is 6.08. The summed E-state index contributed by atoms with van der Waals surface area (Å²) in [6, 6.07) is 5.34. The van der Waals surface area contributed by atoms with Gasteiger partial charge in [-0.3, -0.25) is 4.99 Å². The van der Waals surface area contributed by atoms with Gasteiger partial charge in [0.2, 0.25) is 0 Å². The van der Waals surface area contributed by atoms with E-state index in [0.29, 0.717) is 18.4 Å². The fraction of sp³-hybridized carbons (Fsp3) is 0.533. The lowest BCUT2D eigenvalue weighted by Crippen LogP contribution is -2.48. The molecule has 2 aliphatic rings. The fourth-order valence-corrected chi connectivity index (χ4v) is 2.78. The van der Waals surface area contributed by atoms with Crippen molar-refractivity contribution in [2.75, 3.05) is 13.1 Å². The van der Waals surface area contributed by atoms with E-state index in [1.165, 1.54) is 25.0 Å². The van der Waals surface area contributed by atoms with Crippen LogP contribution in [0.5, 0.6) is 0 Å². The van der Waals surface area contributed by atoms with Crippen LogP contribution in [0.15, 0.2) is 29.3 Å². The van der Waals surface area contributed by atoms with E-state index in [1.54, 1.807) is 0 Å². The van der Waals surface area contributed by atoms with Gasteiger partial charge in [0.1, 0.15) is 0 Å². The first-order chi connectivity index (χ1) is 9.80. The Hall–Kier alpha value is -1.72. The van der Waals surface area contributed by atoms with Crippen LogP contribution >= 0.6 is 0 Å². The Kier molecular flexibility index (Phi) is 3.15. The highest BCUT2D eigenvalue weighted by Gasteiger charge is 2.42. The van der Waals surface area contributed by atoms with E-state index in [2.05, 4.69) is 4.99 Å². The highest BCUT2D eigenvalue weighted by Crippen LogP contribution is 2.39. The van der Waals surface area contributed by atoms with Gasteiger partial charge in [0.05, 0.1) is 17.6 Å². The first-order valence-electron chi connectivity index (χ1n) is 7.06. The highest BCUT2D eigenvalue weighted by atomic mass is 19.4. The molecule has 1 saturated carbocycles. The summed E-state index contributed by atoms with van der Waals surface area (Å²) in [7, 11) is 0. The van der Waals surface area contributed by atoms with Crippen molar-refractivity contribution in [1.82, 2.24) is 4.90 Å². The Bertz CT molecular complexity index is 561. The predicted octanol–water partition coefficient (Wildman–Crippen LogP) is 2.96. The van der Waals surface area contributed by atoms with Crippen LogP contribution in [0.4, 0.5) is 13.2 Å². The van der Waals surface area contributed by atoms with Crippen LogP contribution in [-0.4, -0.2) is 23.9 Å². The van der Waals surface area contributed by atoms with Gasteiger partial charge in [0, 0.05) is 6.54 Å². The maximum absolute atomic E-state index is 12.7. The van der Waals surface area contributed by atoms with Crippen LogP contribution in [0.25, 0.3) is 0 Å². The molecule has 0 saturated heterocycles. The number of rotatable bonds is 3. The van der Waals surface area contributed by atoms with Crippen molar-refractivity contribution in [2.45, 2.75) is 31.5 Å². The maximum atomic E-state index is 12.7. The van der Waals surface area contributed by atoms with E-state index in [-0.39, 0.29) is 0 Å². The summed E-state index contributed by atoms with van der Waals surface area (Å²) in [6.45, 7) is 3.30. The number of aliphatic imine (C=N–C) groups is 1. The number of halogens is 3. The highest BCUT2D eigenvalue weighted by molar-refractivity contribution is 5.81. The average molecular weight is 297 g/mol. The van der Waals surface area contributed by atoms with Crippen LogP contribution in [-0.2, 0) is 11.7 Å². The van der Waals surface area contributed by atoms with Crippen LogP contribution in [0.2, 0.25) is 0 Å². The molecule has 0 spiro atoms. The summed E-state index contributed by atoms with van der Waals surface area (Å²) in [5.74, 6) is 1.12. The second kappa shape index (κ2) is 4.64. The lowest BCUT2D eigenvalue weighted by atomic mass is 9.90. The van der Waals surface area contributed by atoms with E-state index in [1.807, 2.05) is 11.8 Å². The molecular formula is C15H18F3N3. The topological polar surface area (TPSA) is 41.6 Å². The largest absolute Gasteiger partial charge is 0.416 e. The number of guanidine groups is 1. The number of nitrogens with two attached hydrogens (primary N) is 1. The molecular weight excluding hydrogens is 279 g/mol. The molecule has 1 atom stereocenters. The SMILES string of the molecule is CC1(c2ccc(C(F)(F)F)cc2)CN=C(N)N1CC1CC1. The van der Waals surface area contributed by atoms with Gasteiger partial charge in [-0.15, -0.1) is 0 Å². The number of hydrogen-bond donors (Lipinski definition) is 1. The smallest absolute Gasteiger partial charge is 0.370 e. The molecule has 0 radical (unpaired) electrons. The van der Waals surface area contributed by atoms with Gasteiger partial charge in [0.25, 0.3) is 0 Å². The van der Waals surface area contributed by atoms with Gasteiger partial charge in [0.15, 0.2) is 5.96 Å². The molecule has 3 nitrogen and oxygen atoms in total. The second-order valence-electron chi connectivity index (χ2n) is 6.08. The van der Waals surface area contributed by atoms with E-state index in [0.717, 1.165) is 24.2 Å². The molecule has 1 unspecified atom stereocenters. The van der Waals surface area contributed by atoms with Crippen LogP contribution in [0.3, 0.4) is 0 Å². The van der Waals surface area contributed by atoms with Crippen molar-refractivity contribution < 1.29 is 13.2 Å². The van der Waals surface area contributed by atoms with Crippen LogP contribution in [0, 0.1) is 5.92 Å². The molecule has 2 N–H and O–H groups in total. The quantitative estimate of drug-likeness (QED) is 0.932. The first-order valence-corrected chi connectivity index (χ1v) is 7.06. The van der Waals surface area contributed by atoms with E-state index in [4.69, 9.17) is 5.73 Å². The molecule has 1 aliphatic carbocycles. The summed E-state index contributed by atoms with van der Waals surface area (Å²) in [6.07, 6.45) is -1.93. The molecule has 0 bridgehead atoms. The molecule has 114 valence electrons. The zero-order valence-corrected chi connectivity index (χ0v) is 11.8. The Balaban J connectivity index is 1.87. The standard InChI is InChI=1S/C15H18F3N3/c1-14(9-20-13(19)21(14)8-10-2-3-10)11-4-6-12(7-5-11)15(16,17)18/h4-7,10H,2-3,8-9H2,1H3,(H2,19,20). The van der Waals surface area contributed by atoms with Crippen molar-refractivity contribution in [1.29, 1.82) is 0 Å². The minimum absolute atomic E-state index is 0.448. The lowest BCUT2D eigenvalue weighted by Gasteiger charge is -2.37. The predicted molar refractivity (Wildman–Crippen MR) is 74.7 cm³/mol. The molecule has 0 amide bonds. The molecule has 1 aromatic carbocycles. The van der Waals surface area contributed by atoms with Crippen molar-refractivity contribution in [3.63, 3.8) is 0 Å². The molecule has 0 aromatic heterocycles. The monoisotopic (exact) mass is 297 g/mol. The van der Waals surface area contributed by atoms with Gasteiger partial charge in [-0.25, -0.2) is 0 Å². The third-order valence-electron chi connectivity index (χ3n) is 4.39. The van der Waals surface area contributed by atoms with Crippen molar-refractivity contribution >= 4 is 5.96 Å². The van der Waals surface area contributed by atoms with Crippen molar-refractivity contribution in [2.24, 2.45) is 16.6 Å². The zero-order chi connectivity index (χ0) is 15.3. The van der Waals surface area contributed by atoms with Gasteiger partial charge in [-0.1, -0.05) is 12.1 Å². The Labute approximate surface area is 121 Å². The minimum atomic E-state index is -4.31. The van der Waals surface area contributed by atoms with E-state index < -0.39 is 17.3 Å². The summed E-state index contributed by atoms with van der Waals surface area (Å²) < 4.78 is 38.0. The summed E-state index contributed by atoms with van der Waals surface area (Å²) in [4.78, 5) is 6.33. The normalized spacial score (nSPS) is 26.1. The van der Waals surface area contributed by atoms with Crippen molar-refractivity contribution in [3.8, 4) is 0 Å². The molecule has 6 heteroatoms. The molecule has 1 fully saturated rings. The third-order valence-corrected chi connectivity index (χ3v) is 4.39. The summed E-state index contributed by atoms with van der Waals surface area (Å²) >= 11 is 0. The van der Waals surface area contributed by atoms with Gasteiger partial charge >= 0.3 is 6.18 Å². The number of hydrogen-bond acceptors (Lipinski definition) is 3. The maximum Gasteiger partial charge on any atom is 0.416 e. The fourth-order valence-electron chi connectivity index (χ4n) is 2.78. The Morgan fingerprint density at radius 3 is 2.43 bits per heavy atom. The number of nitrogens with zero attached hydrogens (tertiary/aromatic N) is 2. The zero-order valence-electron chi connectivity index (χ0n) is 11.8. The van der Waals surface area contributed by atoms with E-state index in [9.17, 15) is 13.2 Å².